The first kappa shape index (κ1) is 26.6. The number of aromatic nitrogens is 3. The van der Waals surface area contributed by atoms with E-state index in [4.69, 9.17) is 17.3 Å². The minimum Gasteiger partial charge on any atom is -0.369 e. The summed E-state index contributed by atoms with van der Waals surface area (Å²) in [7, 11) is 0. The smallest absolute Gasteiger partial charge is 0.223 e. The highest BCUT2D eigenvalue weighted by atomic mass is 35.5. The average molecular weight is 515 g/mol. The molecule has 196 valence electrons. The number of halogens is 1. The van der Waals surface area contributed by atoms with Crippen molar-refractivity contribution in [2.24, 2.45) is 23.0 Å². The molecule has 2 saturated heterocycles. The molecule has 2 aromatic rings. The third-order valence-corrected chi connectivity index (χ3v) is 8.50. The molecule has 0 atom stereocenters. The Bertz CT molecular complexity index is 963. The molecule has 3 fully saturated rings. The number of nitrogens with zero attached hydrogens (tertiary/aromatic N) is 4. The van der Waals surface area contributed by atoms with Gasteiger partial charge in [0.05, 0.1) is 5.92 Å². The molecule has 9 heteroatoms. The van der Waals surface area contributed by atoms with E-state index in [0.717, 1.165) is 62.9 Å². The summed E-state index contributed by atoms with van der Waals surface area (Å²) < 4.78 is 2.01. The monoisotopic (exact) mass is 514 g/mol. The summed E-state index contributed by atoms with van der Waals surface area (Å²) in [5, 5.41) is 8.07. The Morgan fingerprint density at radius 3 is 2.31 bits per heavy atom. The number of hydrogen-bond acceptors (Lipinski definition) is 5. The molecule has 2 aliphatic heterocycles. The molecule has 1 aromatic carbocycles. The van der Waals surface area contributed by atoms with Gasteiger partial charge >= 0.3 is 0 Å². The standard InChI is InChI=1S/C23H31ClN4O.C4H8N2O/c24-21-9-6-19(7-10-21)8-11-22(29)27-14-12-23(13-15-27,16-28-18-25-17-26-28)20-4-2-1-3-5-20;5-4(7)3-1-6-2-3/h6-7,9-10,17-18,20H,1-5,8,11-16H2;3,6H,1-2H2,(H2,5,7). The number of piperidine rings is 1. The van der Waals surface area contributed by atoms with E-state index >= 15 is 0 Å². The quantitative estimate of drug-likeness (QED) is 0.588. The SMILES string of the molecule is NC(=O)C1CNC1.O=C(CCc1ccc(Cl)cc1)N1CCC(Cn2cncn2)(C2CCCCC2)CC1. The Morgan fingerprint density at radius 2 is 1.78 bits per heavy atom. The first-order chi connectivity index (χ1) is 17.4. The summed E-state index contributed by atoms with van der Waals surface area (Å²) in [5.74, 6) is 0.948. The van der Waals surface area contributed by atoms with Crippen LogP contribution in [0.15, 0.2) is 36.9 Å². The van der Waals surface area contributed by atoms with Crippen LogP contribution in [0.5, 0.6) is 0 Å². The maximum atomic E-state index is 12.8. The van der Waals surface area contributed by atoms with E-state index in [1.807, 2.05) is 35.3 Å². The van der Waals surface area contributed by atoms with Crippen molar-refractivity contribution in [3.05, 3.63) is 47.5 Å². The summed E-state index contributed by atoms with van der Waals surface area (Å²) in [5.41, 5.74) is 6.34. The molecule has 5 rings (SSSR count). The fourth-order valence-corrected chi connectivity index (χ4v) is 5.93. The Labute approximate surface area is 219 Å². The van der Waals surface area contributed by atoms with Crippen LogP contribution < -0.4 is 11.1 Å². The number of likely N-dealkylation sites (tertiary alicyclic amines) is 1. The fraction of sp³-hybridized carbons (Fsp3) is 0.630. The van der Waals surface area contributed by atoms with E-state index in [1.54, 1.807) is 6.33 Å². The van der Waals surface area contributed by atoms with Gasteiger partial charge in [0.1, 0.15) is 12.7 Å². The highest BCUT2D eigenvalue weighted by Crippen LogP contribution is 2.47. The molecule has 36 heavy (non-hydrogen) atoms. The first-order valence-corrected chi connectivity index (χ1v) is 13.7. The van der Waals surface area contributed by atoms with Gasteiger partial charge in [-0.25, -0.2) is 4.98 Å². The summed E-state index contributed by atoms with van der Waals surface area (Å²) in [6.45, 7) is 4.21. The Hall–Kier alpha value is -2.45. The highest BCUT2D eigenvalue weighted by Gasteiger charge is 2.42. The largest absolute Gasteiger partial charge is 0.369 e. The summed E-state index contributed by atoms with van der Waals surface area (Å²) >= 11 is 5.95. The van der Waals surface area contributed by atoms with Gasteiger partial charge in [0.25, 0.3) is 0 Å². The van der Waals surface area contributed by atoms with Gasteiger partial charge in [-0.1, -0.05) is 43.0 Å². The molecule has 2 amide bonds. The highest BCUT2D eigenvalue weighted by molar-refractivity contribution is 6.30. The number of hydrogen-bond donors (Lipinski definition) is 2. The number of amides is 2. The maximum absolute atomic E-state index is 12.8. The van der Waals surface area contributed by atoms with Crippen LogP contribution in [-0.4, -0.2) is 57.7 Å². The van der Waals surface area contributed by atoms with Crippen molar-refractivity contribution in [3.8, 4) is 0 Å². The van der Waals surface area contributed by atoms with Crippen LogP contribution in [0.25, 0.3) is 0 Å². The van der Waals surface area contributed by atoms with E-state index in [9.17, 15) is 9.59 Å². The van der Waals surface area contributed by atoms with Gasteiger partial charge in [-0.15, -0.1) is 0 Å². The number of benzene rings is 1. The molecule has 1 aromatic heterocycles. The number of nitrogens with one attached hydrogen (secondary N) is 1. The lowest BCUT2D eigenvalue weighted by molar-refractivity contribution is -0.134. The Kier molecular flexibility index (Phi) is 9.37. The van der Waals surface area contributed by atoms with Gasteiger partial charge in [-0.05, 0) is 61.1 Å². The van der Waals surface area contributed by atoms with Crippen LogP contribution in [0.2, 0.25) is 5.02 Å². The number of carbonyl (C=O) groups excluding carboxylic acids is 2. The minimum atomic E-state index is -0.182. The molecule has 3 heterocycles. The zero-order chi connectivity index (χ0) is 25.4. The Balaban J connectivity index is 0.000000375. The third kappa shape index (κ3) is 7.07. The number of aryl methyl sites for hydroxylation is 1. The van der Waals surface area contributed by atoms with E-state index < -0.39 is 0 Å². The number of carbonyl (C=O) groups is 2. The normalized spacial score (nSPS) is 20.2. The summed E-state index contributed by atoms with van der Waals surface area (Å²) in [6.07, 6.45) is 13.7. The number of primary amides is 1. The maximum Gasteiger partial charge on any atom is 0.223 e. The van der Waals surface area contributed by atoms with Crippen LogP contribution in [0.3, 0.4) is 0 Å². The van der Waals surface area contributed by atoms with Crippen LogP contribution in [0.4, 0.5) is 0 Å². The van der Waals surface area contributed by atoms with Gasteiger partial charge in [-0.3, -0.25) is 14.3 Å². The van der Waals surface area contributed by atoms with E-state index in [-0.39, 0.29) is 23.1 Å². The number of nitrogens with two attached hydrogens (primary N) is 1. The molecule has 3 N–H and O–H groups in total. The van der Waals surface area contributed by atoms with E-state index in [0.29, 0.717) is 6.42 Å². The van der Waals surface area contributed by atoms with E-state index in [1.165, 1.54) is 37.7 Å². The lowest BCUT2D eigenvalue weighted by Crippen LogP contribution is -2.49. The van der Waals surface area contributed by atoms with Gasteiger partial charge < -0.3 is 16.0 Å². The predicted molar refractivity (Wildman–Crippen MR) is 140 cm³/mol. The Morgan fingerprint density at radius 1 is 1.08 bits per heavy atom. The zero-order valence-corrected chi connectivity index (χ0v) is 21.8. The minimum absolute atomic E-state index is 0.111. The molecule has 1 aliphatic carbocycles. The topological polar surface area (TPSA) is 106 Å². The molecule has 8 nitrogen and oxygen atoms in total. The van der Waals surface area contributed by atoms with Crippen molar-refractivity contribution in [2.45, 2.75) is 64.3 Å². The zero-order valence-electron chi connectivity index (χ0n) is 21.1. The van der Waals surface area contributed by atoms with Gasteiger partial charge in [-0.2, -0.15) is 5.10 Å². The van der Waals surface area contributed by atoms with Crippen molar-refractivity contribution >= 4 is 23.4 Å². The molecular formula is C27H39ClN6O2. The first-order valence-electron chi connectivity index (χ1n) is 13.3. The van der Waals surface area contributed by atoms with Crippen molar-refractivity contribution < 1.29 is 9.59 Å². The third-order valence-electron chi connectivity index (χ3n) is 8.25. The van der Waals surface area contributed by atoms with Crippen LogP contribution in [0.1, 0.15) is 56.9 Å². The van der Waals surface area contributed by atoms with Gasteiger partial charge in [0.15, 0.2) is 0 Å². The second kappa shape index (κ2) is 12.7. The molecule has 0 radical (unpaired) electrons. The van der Waals surface area contributed by atoms with Crippen molar-refractivity contribution in [3.63, 3.8) is 0 Å². The van der Waals surface area contributed by atoms with Crippen LogP contribution in [0, 0.1) is 17.3 Å². The number of rotatable bonds is 7. The van der Waals surface area contributed by atoms with Crippen molar-refractivity contribution in [2.75, 3.05) is 26.2 Å². The lowest BCUT2D eigenvalue weighted by Gasteiger charge is -2.48. The molecule has 0 spiro atoms. The summed E-state index contributed by atoms with van der Waals surface area (Å²) in [6, 6.07) is 7.81. The predicted octanol–water partition coefficient (Wildman–Crippen LogP) is 3.44. The van der Waals surface area contributed by atoms with Crippen molar-refractivity contribution in [1.29, 1.82) is 0 Å². The molecule has 1 saturated carbocycles. The van der Waals surface area contributed by atoms with Gasteiger partial charge in [0.2, 0.25) is 11.8 Å². The lowest BCUT2D eigenvalue weighted by atomic mass is 9.63. The molecule has 3 aliphatic rings. The summed E-state index contributed by atoms with van der Waals surface area (Å²) in [4.78, 5) is 29.2. The molecular weight excluding hydrogens is 476 g/mol. The van der Waals surface area contributed by atoms with Gasteiger partial charge in [0, 0.05) is 44.2 Å². The average Bonchev–Trinajstić information content (AvgIpc) is 3.36. The van der Waals surface area contributed by atoms with Crippen LogP contribution >= 0.6 is 11.6 Å². The van der Waals surface area contributed by atoms with E-state index in [2.05, 4.69) is 20.3 Å². The van der Waals surface area contributed by atoms with Crippen LogP contribution in [-0.2, 0) is 22.6 Å². The molecule has 0 bridgehead atoms. The second-order valence-electron chi connectivity index (χ2n) is 10.6. The fourth-order valence-electron chi connectivity index (χ4n) is 5.80. The molecule has 0 unspecified atom stereocenters. The second-order valence-corrected chi connectivity index (χ2v) is 11.0. The van der Waals surface area contributed by atoms with Crippen molar-refractivity contribution in [1.82, 2.24) is 25.0 Å².